The summed E-state index contributed by atoms with van der Waals surface area (Å²) >= 11 is 1.16. The van der Waals surface area contributed by atoms with E-state index in [0.29, 0.717) is 38.4 Å². The summed E-state index contributed by atoms with van der Waals surface area (Å²) < 4.78 is 0. The molecule has 1 aliphatic heterocycles. The molecule has 1 saturated heterocycles. The summed E-state index contributed by atoms with van der Waals surface area (Å²) in [5.74, 6) is 0.216. The first kappa shape index (κ1) is 24.2. The normalized spacial score (nSPS) is 15.5. The lowest BCUT2D eigenvalue weighted by Crippen LogP contribution is -2.57. The van der Waals surface area contributed by atoms with Crippen LogP contribution in [0.3, 0.4) is 0 Å². The van der Waals surface area contributed by atoms with Crippen LogP contribution in [0.25, 0.3) is 0 Å². The number of likely N-dealkylation sites (N-methyl/N-ethyl adjacent to an activating group) is 1. The lowest BCUT2D eigenvalue weighted by atomic mass is 10.1. The number of aliphatic hydroxyl groups is 1. The maximum absolute atomic E-state index is 12.9. The van der Waals surface area contributed by atoms with Crippen LogP contribution in [0, 0.1) is 0 Å². The summed E-state index contributed by atoms with van der Waals surface area (Å²) in [6, 6.07) is 8.44. The molecule has 8 nitrogen and oxygen atoms in total. The smallest absolute Gasteiger partial charge is 0.318 e. The molecule has 0 aliphatic carbocycles. The Labute approximate surface area is 182 Å². The third-order valence-corrected chi connectivity index (χ3v) is 5.85. The van der Waals surface area contributed by atoms with Crippen molar-refractivity contribution in [2.75, 3.05) is 58.7 Å². The highest BCUT2D eigenvalue weighted by atomic mass is 32.2. The molecule has 2 N–H and O–H groups in total. The van der Waals surface area contributed by atoms with E-state index in [0.717, 1.165) is 30.4 Å². The van der Waals surface area contributed by atoms with Crippen molar-refractivity contribution in [2.45, 2.75) is 19.4 Å². The van der Waals surface area contributed by atoms with Gasteiger partial charge in [0.1, 0.15) is 6.04 Å². The van der Waals surface area contributed by atoms with Gasteiger partial charge in [0, 0.05) is 51.9 Å². The van der Waals surface area contributed by atoms with E-state index >= 15 is 0 Å². The van der Waals surface area contributed by atoms with Gasteiger partial charge in [-0.25, -0.2) is 4.79 Å². The number of aliphatic hydroxyl groups excluding tert-OH is 1. The maximum Gasteiger partial charge on any atom is 0.318 e. The molecule has 30 heavy (non-hydrogen) atoms. The Balaban J connectivity index is 1.97. The Morgan fingerprint density at radius 2 is 1.80 bits per heavy atom. The Morgan fingerprint density at radius 3 is 2.40 bits per heavy atom. The molecule has 0 aromatic heterocycles. The van der Waals surface area contributed by atoms with Crippen molar-refractivity contribution in [3.63, 3.8) is 0 Å². The van der Waals surface area contributed by atoms with Crippen molar-refractivity contribution in [2.24, 2.45) is 0 Å². The largest absolute Gasteiger partial charge is 0.394 e. The van der Waals surface area contributed by atoms with E-state index in [1.54, 1.807) is 9.80 Å². The van der Waals surface area contributed by atoms with E-state index in [-0.39, 0.29) is 11.0 Å². The third kappa shape index (κ3) is 7.97. The number of urea groups is 1. The highest BCUT2D eigenvalue weighted by Gasteiger charge is 2.28. The number of nitrogens with zero attached hydrogens (tertiary/aromatic N) is 3. The SMILES string of the molecule is CC(=O)SCCN(CCc1ccccc1)C(=O)N[C@@H](CO)C(=O)N1CCN(C)CC1. The number of carbonyl (C=O) groups is 3. The van der Waals surface area contributed by atoms with Crippen molar-refractivity contribution in [1.82, 2.24) is 20.0 Å². The average Bonchev–Trinajstić information content (AvgIpc) is 2.74. The van der Waals surface area contributed by atoms with Crippen LogP contribution < -0.4 is 5.32 Å². The fourth-order valence-corrected chi connectivity index (χ4v) is 3.80. The van der Waals surface area contributed by atoms with Crippen LogP contribution in [-0.2, 0) is 16.0 Å². The molecule has 9 heteroatoms. The van der Waals surface area contributed by atoms with E-state index in [1.807, 2.05) is 37.4 Å². The number of nitrogens with one attached hydrogen (secondary N) is 1. The van der Waals surface area contributed by atoms with E-state index in [2.05, 4.69) is 10.2 Å². The Morgan fingerprint density at radius 1 is 1.13 bits per heavy atom. The monoisotopic (exact) mass is 436 g/mol. The second kappa shape index (κ2) is 12.6. The summed E-state index contributed by atoms with van der Waals surface area (Å²) in [4.78, 5) is 42.3. The number of hydrogen-bond acceptors (Lipinski definition) is 6. The van der Waals surface area contributed by atoms with Crippen molar-refractivity contribution in [3.05, 3.63) is 35.9 Å². The lowest BCUT2D eigenvalue weighted by Gasteiger charge is -2.35. The lowest BCUT2D eigenvalue weighted by molar-refractivity contribution is -0.135. The predicted molar refractivity (Wildman–Crippen MR) is 118 cm³/mol. The Bertz CT molecular complexity index is 696. The second-order valence-electron chi connectivity index (χ2n) is 7.38. The fourth-order valence-electron chi connectivity index (χ4n) is 3.20. The topological polar surface area (TPSA) is 93.2 Å². The van der Waals surface area contributed by atoms with Gasteiger partial charge in [-0.1, -0.05) is 42.1 Å². The minimum atomic E-state index is -0.972. The van der Waals surface area contributed by atoms with Gasteiger partial charge in [-0.3, -0.25) is 9.59 Å². The van der Waals surface area contributed by atoms with Gasteiger partial charge in [-0.15, -0.1) is 0 Å². The number of amides is 3. The van der Waals surface area contributed by atoms with Gasteiger partial charge in [0.2, 0.25) is 5.91 Å². The van der Waals surface area contributed by atoms with Gasteiger partial charge in [-0.05, 0) is 19.0 Å². The van der Waals surface area contributed by atoms with Gasteiger partial charge in [0.15, 0.2) is 5.12 Å². The first-order valence-corrected chi connectivity index (χ1v) is 11.2. The molecule has 1 atom stereocenters. The van der Waals surface area contributed by atoms with Crippen molar-refractivity contribution >= 4 is 28.8 Å². The molecule has 0 spiro atoms. The first-order chi connectivity index (χ1) is 14.4. The molecule has 3 amide bonds. The molecule has 0 bridgehead atoms. The Kier molecular flexibility index (Phi) is 10.1. The van der Waals surface area contributed by atoms with Crippen LogP contribution in [0.2, 0.25) is 0 Å². The molecule has 1 aromatic rings. The van der Waals surface area contributed by atoms with Crippen molar-refractivity contribution < 1.29 is 19.5 Å². The molecule has 0 saturated carbocycles. The molecule has 166 valence electrons. The van der Waals surface area contributed by atoms with Crippen LogP contribution >= 0.6 is 11.8 Å². The zero-order valence-electron chi connectivity index (χ0n) is 17.7. The molecule has 1 aliphatic rings. The van der Waals surface area contributed by atoms with E-state index in [9.17, 15) is 19.5 Å². The summed E-state index contributed by atoms with van der Waals surface area (Å²) in [6.07, 6.45) is 0.662. The Hall–Kier alpha value is -2.10. The highest BCUT2D eigenvalue weighted by Crippen LogP contribution is 2.07. The zero-order valence-corrected chi connectivity index (χ0v) is 18.6. The molecule has 0 unspecified atom stereocenters. The molecule has 1 aromatic carbocycles. The molecular formula is C21H32N4O4S. The zero-order chi connectivity index (χ0) is 21.9. The fraction of sp³-hybridized carbons (Fsp3) is 0.571. The van der Waals surface area contributed by atoms with E-state index in [1.165, 1.54) is 6.92 Å². The standard InChI is InChI=1S/C21H32N4O4S/c1-17(27)30-15-14-25(9-8-18-6-4-3-5-7-18)21(29)22-19(16-26)20(28)24-12-10-23(2)11-13-24/h3-7,19,26H,8-16H2,1-2H3,(H,22,29)/t19-/m0/s1. The van der Waals surface area contributed by atoms with E-state index in [4.69, 9.17) is 0 Å². The molecular weight excluding hydrogens is 404 g/mol. The number of piperazine rings is 1. The minimum Gasteiger partial charge on any atom is -0.394 e. The number of hydrogen-bond donors (Lipinski definition) is 2. The van der Waals surface area contributed by atoms with Gasteiger partial charge >= 0.3 is 6.03 Å². The van der Waals surface area contributed by atoms with Crippen LogP contribution in [-0.4, -0.2) is 102 Å². The predicted octanol–water partition coefficient (Wildman–Crippen LogP) is 0.655. The van der Waals surface area contributed by atoms with Crippen molar-refractivity contribution in [1.29, 1.82) is 0 Å². The van der Waals surface area contributed by atoms with Crippen LogP contribution in [0.4, 0.5) is 4.79 Å². The van der Waals surface area contributed by atoms with Crippen LogP contribution in [0.15, 0.2) is 30.3 Å². The van der Waals surface area contributed by atoms with Gasteiger partial charge < -0.3 is 25.1 Å². The third-order valence-electron chi connectivity index (χ3n) is 5.06. The average molecular weight is 437 g/mol. The second-order valence-corrected chi connectivity index (χ2v) is 8.65. The van der Waals surface area contributed by atoms with Gasteiger partial charge in [-0.2, -0.15) is 0 Å². The highest BCUT2D eigenvalue weighted by molar-refractivity contribution is 8.13. The number of thioether (sulfide) groups is 1. The molecule has 1 heterocycles. The molecule has 2 rings (SSSR count). The number of carbonyl (C=O) groups excluding carboxylic acids is 3. The summed E-state index contributed by atoms with van der Waals surface area (Å²) in [5, 5.41) is 12.4. The number of rotatable bonds is 9. The molecule has 1 fully saturated rings. The van der Waals surface area contributed by atoms with Crippen LogP contribution in [0.1, 0.15) is 12.5 Å². The molecule has 0 radical (unpaired) electrons. The van der Waals surface area contributed by atoms with E-state index < -0.39 is 18.7 Å². The quantitative estimate of drug-likeness (QED) is 0.591. The maximum atomic E-state index is 12.9. The summed E-state index contributed by atoms with van der Waals surface area (Å²) in [6.45, 7) is 4.57. The number of benzene rings is 1. The minimum absolute atomic E-state index is 0.00287. The summed E-state index contributed by atoms with van der Waals surface area (Å²) in [5.41, 5.74) is 1.10. The van der Waals surface area contributed by atoms with Crippen molar-refractivity contribution in [3.8, 4) is 0 Å². The van der Waals surface area contributed by atoms with Gasteiger partial charge in [0.25, 0.3) is 0 Å². The van der Waals surface area contributed by atoms with Gasteiger partial charge in [0.05, 0.1) is 6.61 Å². The van der Waals surface area contributed by atoms with Crippen LogP contribution in [0.5, 0.6) is 0 Å². The first-order valence-electron chi connectivity index (χ1n) is 10.2. The summed E-state index contributed by atoms with van der Waals surface area (Å²) in [7, 11) is 2.00.